The molecule has 75 heavy (non-hydrogen) atoms. The number of rotatable bonds is 3. The topological polar surface area (TPSA) is 11.4 Å². The number of nitrogens with zero attached hydrogens (tertiary/aromatic N) is 3. The molecule has 0 unspecified atom stereocenters. The van der Waals surface area contributed by atoms with Crippen molar-refractivity contribution in [1.29, 1.82) is 0 Å². The molecule has 9 aromatic rings. The molecule has 2 aliphatic heterocycles. The molecular weight excluding hydrogens is 906 g/mol. The Morgan fingerprint density at radius 1 is 0.373 bits per heavy atom. The Balaban J connectivity index is 1.25. The first-order chi connectivity index (χ1) is 35.1. The van der Waals surface area contributed by atoms with Crippen molar-refractivity contribution in [1.82, 2.24) is 4.57 Å². The second kappa shape index (κ2) is 16.1. The van der Waals surface area contributed by atoms with Gasteiger partial charge in [0.05, 0.1) is 16.7 Å². The summed E-state index contributed by atoms with van der Waals surface area (Å²) in [5, 5.41) is 2.60. The second-order valence-electron chi connectivity index (χ2n) is 28.0. The zero-order chi connectivity index (χ0) is 53.3. The maximum absolute atomic E-state index is 2.64. The Morgan fingerprint density at radius 3 is 1.31 bits per heavy atom. The largest absolute Gasteiger partial charge is 0.311 e. The van der Waals surface area contributed by atoms with Crippen molar-refractivity contribution >= 4 is 79.0 Å². The lowest BCUT2D eigenvalue weighted by molar-refractivity contribution is 0.590. The first-order valence-electron chi connectivity index (χ1n) is 27.6. The SMILES string of the molecule is CC(C)(C)c1ccc(N2c3ccc(C(C)(C)C)cc3B3c4c2cccc4N(c2ccc(C(C)(C)C)cc2)c2cc(-n4c5ccc(C(C)(C)C)cc5c5cc(C(C)(C)C)ccc54)c4c(c23)C(C)(C)c2ccccc2-4)cc1. The molecule has 0 saturated heterocycles. The van der Waals surface area contributed by atoms with Gasteiger partial charge in [0.2, 0.25) is 0 Å². The number of benzene rings is 8. The third-order valence-corrected chi connectivity index (χ3v) is 17.3. The molecule has 0 spiro atoms. The van der Waals surface area contributed by atoms with Crippen molar-refractivity contribution in [2.75, 3.05) is 9.80 Å². The predicted molar refractivity (Wildman–Crippen MR) is 326 cm³/mol. The number of fused-ring (bicyclic) bond motifs is 11. The molecule has 1 aromatic heterocycles. The van der Waals surface area contributed by atoms with Crippen LogP contribution >= 0.6 is 0 Å². The first kappa shape index (κ1) is 49.1. The molecule has 8 aromatic carbocycles. The zero-order valence-electron chi connectivity index (χ0n) is 47.9. The van der Waals surface area contributed by atoms with Gasteiger partial charge in [0.15, 0.2) is 0 Å². The van der Waals surface area contributed by atoms with Crippen LogP contribution in [0.4, 0.5) is 34.1 Å². The third kappa shape index (κ3) is 7.50. The summed E-state index contributed by atoms with van der Waals surface area (Å²) in [6, 6.07) is 59.9. The number of hydrogen-bond donors (Lipinski definition) is 0. The van der Waals surface area contributed by atoms with E-state index in [1.807, 2.05) is 0 Å². The van der Waals surface area contributed by atoms with Gasteiger partial charge in [-0.05, 0) is 161 Å². The molecule has 0 amide bonds. The highest BCUT2D eigenvalue weighted by molar-refractivity contribution is 7.00. The van der Waals surface area contributed by atoms with Gasteiger partial charge < -0.3 is 14.4 Å². The van der Waals surface area contributed by atoms with Gasteiger partial charge in [-0.15, -0.1) is 0 Å². The van der Waals surface area contributed by atoms with Gasteiger partial charge in [-0.1, -0.05) is 197 Å². The molecule has 0 atom stereocenters. The quantitative estimate of drug-likeness (QED) is 0.163. The van der Waals surface area contributed by atoms with Gasteiger partial charge in [0.1, 0.15) is 0 Å². The average Bonchev–Trinajstić information content (AvgIpc) is 3.89. The van der Waals surface area contributed by atoms with Crippen LogP contribution in [0.1, 0.15) is 157 Å². The predicted octanol–water partition coefficient (Wildman–Crippen LogP) is 17.7. The average molecular weight is 982 g/mol. The Morgan fingerprint density at radius 2 is 0.813 bits per heavy atom. The molecule has 0 fully saturated rings. The van der Waals surface area contributed by atoms with Gasteiger partial charge in [-0.2, -0.15) is 0 Å². The van der Waals surface area contributed by atoms with Gasteiger partial charge in [-0.3, -0.25) is 0 Å². The van der Waals surface area contributed by atoms with Crippen LogP contribution in [-0.4, -0.2) is 11.3 Å². The van der Waals surface area contributed by atoms with Crippen LogP contribution in [0.5, 0.6) is 0 Å². The normalized spacial score (nSPS) is 15.0. The van der Waals surface area contributed by atoms with Crippen molar-refractivity contribution in [2.45, 2.75) is 150 Å². The summed E-state index contributed by atoms with van der Waals surface area (Å²) in [6.07, 6.45) is 0. The van der Waals surface area contributed by atoms with E-state index in [0.29, 0.717) is 0 Å². The van der Waals surface area contributed by atoms with Crippen molar-refractivity contribution in [2.24, 2.45) is 0 Å². The molecule has 3 heterocycles. The van der Waals surface area contributed by atoms with E-state index in [1.54, 1.807) is 0 Å². The standard InChI is InChI=1S/C71H76BN3/c1-66(2,3)43-25-32-48(33-26-43)73-57-38-31-47(70(13,14)15)41-54(57)72-64-58(73)23-20-24-59(64)74(49-34-27-44(28-35-49)67(4,5)6)61-42-60(62-50-21-18-19-22-53(50)71(16,17)63(62)65(61)72)75-55-36-29-45(68(7,8)9)39-51(55)52-40-46(69(10,11)12)30-37-56(52)75/h18-42H,1-17H3. The Hall–Kier alpha value is -6.78. The molecule has 378 valence electrons. The van der Waals surface area contributed by atoms with Crippen LogP contribution in [0.2, 0.25) is 0 Å². The van der Waals surface area contributed by atoms with Crippen LogP contribution in [0, 0.1) is 0 Å². The van der Waals surface area contributed by atoms with E-state index in [4.69, 9.17) is 0 Å². The van der Waals surface area contributed by atoms with E-state index in [0.717, 1.165) is 5.69 Å². The van der Waals surface area contributed by atoms with Crippen molar-refractivity contribution in [3.8, 4) is 16.8 Å². The van der Waals surface area contributed by atoms with Crippen LogP contribution < -0.4 is 26.2 Å². The summed E-state index contributed by atoms with van der Waals surface area (Å²) in [7, 11) is 0. The lowest BCUT2D eigenvalue weighted by Crippen LogP contribution is -2.63. The lowest BCUT2D eigenvalue weighted by Gasteiger charge is -2.46. The maximum Gasteiger partial charge on any atom is 0.252 e. The summed E-state index contributed by atoms with van der Waals surface area (Å²) < 4.78 is 2.64. The lowest BCUT2D eigenvalue weighted by atomic mass is 9.32. The maximum atomic E-state index is 2.64. The van der Waals surface area contributed by atoms with Crippen LogP contribution in [0.25, 0.3) is 38.6 Å². The molecule has 4 heteroatoms. The summed E-state index contributed by atoms with van der Waals surface area (Å²) in [5.41, 5.74) is 26.8. The minimum atomic E-state index is -0.348. The molecule has 0 bridgehead atoms. The second-order valence-corrected chi connectivity index (χ2v) is 28.0. The van der Waals surface area contributed by atoms with E-state index in [2.05, 4.69) is 284 Å². The molecule has 3 aliphatic rings. The first-order valence-corrected chi connectivity index (χ1v) is 27.6. The Labute approximate surface area is 448 Å². The summed E-state index contributed by atoms with van der Waals surface area (Å²) in [6.45, 7) is 39.9. The van der Waals surface area contributed by atoms with E-state index in [-0.39, 0.29) is 39.2 Å². The molecular formula is C71H76BN3. The Bertz CT molecular complexity index is 3740. The highest BCUT2D eigenvalue weighted by atomic mass is 15.2. The number of anilines is 6. The minimum Gasteiger partial charge on any atom is -0.311 e. The van der Waals surface area contributed by atoms with Crippen molar-refractivity contribution in [3.63, 3.8) is 0 Å². The van der Waals surface area contributed by atoms with Crippen LogP contribution in [-0.2, 0) is 32.5 Å². The zero-order valence-corrected chi connectivity index (χ0v) is 47.9. The molecule has 3 nitrogen and oxygen atoms in total. The van der Waals surface area contributed by atoms with Crippen molar-refractivity contribution in [3.05, 3.63) is 191 Å². The number of hydrogen-bond acceptors (Lipinski definition) is 2. The molecule has 0 saturated carbocycles. The Kier molecular flexibility index (Phi) is 10.6. The molecule has 0 N–H and O–H groups in total. The monoisotopic (exact) mass is 982 g/mol. The summed E-state index contributed by atoms with van der Waals surface area (Å²) in [4.78, 5) is 5.21. The number of aromatic nitrogens is 1. The van der Waals surface area contributed by atoms with Crippen LogP contribution in [0.15, 0.2) is 152 Å². The molecule has 12 rings (SSSR count). The van der Waals surface area contributed by atoms with Crippen molar-refractivity contribution < 1.29 is 0 Å². The van der Waals surface area contributed by atoms with E-state index in [1.165, 1.54) is 122 Å². The third-order valence-electron chi connectivity index (χ3n) is 17.3. The van der Waals surface area contributed by atoms with E-state index >= 15 is 0 Å². The van der Waals surface area contributed by atoms with E-state index < -0.39 is 0 Å². The van der Waals surface area contributed by atoms with E-state index in [9.17, 15) is 0 Å². The fourth-order valence-electron chi connectivity index (χ4n) is 13.0. The smallest absolute Gasteiger partial charge is 0.252 e. The van der Waals surface area contributed by atoms with Gasteiger partial charge in [-0.25, -0.2) is 0 Å². The summed E-state index contributed by atoms with van der Waals surface area (Å²) >= 11 is 0. The minimum absolute atomic E-state index is 0.00684. The highest BCUT2D eigenvalue weighted by Crippen LogP contribution is 2.56. The van der Waals surface area contributed by atoms with Crippen LogP contribution in [0.3, 0.4) is 0 Å². The molecule has 1 aliphatic carbocycles. The summed E-state index contributed by atoms with van der Waals surface area (Å²) in [5.74, 6) is 0. The van der Waals surface area contributed by atoms with Gasteiger partial charge >= 0.3 is 0 Å². The highest BCUT2D eigenvalue weighted by Gasteiger charge is 2.50. The van der Waals surface area contributed by atoms with Gasteiger partial charge in [0.25, 0.3) is 6.71 Å². The molecule has 0 radical (unpaired) electrons. The fourth-order valence-corrected chi connectivity index (χ4v) is 13.0. The van der Waals surface area contributed by atoms with Gasteiger partial charge in [0, 0.05) is 55.9 Å². The fraction of sp³-hybridized carbons (Fsp3) is 0.324.